The molecule has 8 heteroatoms. The van der Waals surface area contributed by atoms with E-state index in [1.807, 2.05) is 48.4 Å². The fourth-order valence-electron chi connectivity index (χ4n) is 4.57. The lowest BCUT2D eigenvalue weighted by Gasteiger charge is -2.36. The molecule has 2 aromatic rings. The van der Waals surface area contributed by atoms with Gasteiger partial charge in [0, 0.05) is 74.4 Å². The number of hydrogen-bond donors (Lipinski definition) is 1. The van der Waals surface area contributed by atoms with Crippen LogP contribution in [0.1, 0.15) is 47.6 Å². The van der Waals surface area contributed by atoms with E-state index in [-0.39, 0.29) is 31.4 Å². The summed E-state index contributed by atoms with van der Waals surface area (Å²) in [4.78, 5) is 41.6. The summed E-state index contributed by atoms with van der Waals surface area (Å²) >= 11 is 0. The molecule has 3 rings (SSSR count). The molecule has 0 bridgehead atoms. The predicted octanol–water partition coefficient (Wildman–Crippen LogP) is 3.17. The maximum atomic E-state index is 12.6. The number of carbonyl (C=O) groups is 3. The van der Waals surface area contributed by atoms with E-state index in [1.54, 1.807) is 13.0 Å². The Balaban J connectivity index is 1.51. The molecule has 1 aliphatic heterocycles. The lowest BCUT2D eigenvalue weighted by atomic mass is 10.1. The molecule has 0 atom stereocenters. The van der Waals surface area contributed by atoms with Crippen molar-refractivity contribution in [3.63, 3.8) is 0 Å². The highest BCUT2D eigenvalue weighted by molar-refractivity contribution is 5.99. The number of aromatic nitrogens is 1. The molecule has 0 saturated carbocycles. The van der Waals surface area contributed by atoms with E-state index in [9.17, 15) is 14.4 Å². The Morgan fingerprint density at radius 1 is 1.00 bits per heavy atom. The maximum absolute atomic E-state index is 12.6. The maximum Gasteiger partial charge on any atom is 0.340 e. The standard InChI is InChI=1S/C27H36N4O4/c1-5-31-20(3)23(26(21(31)4)27(34)35-6-2)12-13-24(32)28-15-14-25(33)30-18-16-29(17-19-30)22-10-8-7-9-11-22/h7-13H,5-6,14-19H2,1-4H3,(H,28,32)/b13-12+. The van der Waals surface area contributed by atoms with Gasteiger partial charge >= 0.3 is 5.97 Å². The van der Waals surface area contributed by atoms with Crippen molar-refractivity contribution < 1.29 is 19.1 Å². The molecule has 0 spiro atoms. The van der Waals surface area contributed by atoms with Crippen LogP contribution in [-0.2, 0) is 20.9 Å². The van der Waals surface area contributed by atoms with Crippen LogP contribution in [0.25, 0.3) is 6.08 Å². The van der Waals surface area contributed by atoms with Gasteiger partial charge in [-0.2, -0.15) is 0 Å². The van der Waals surface area contributed by atoms with Crippen LogP contribution in [0.15, 0.2) is 36.4 Å². The third-order valence-electron chi connectivity index (χ3n) is 6.42. The molecule has 8 nitrogen and oxygen atoms in total. The van der Waals surface area contributed by atoms with Crippen molar-refractivity contribution in [1.29, 1.82) is 0 Å². The van der Waals surface area contributed by atoms with Crippen LogP contribution >= 0.6 is 0 Å². The van der Waals surface area contributed by atoms with Gasteiger partial charge in [-0.1, -0.05) is 18.2 Å². The molecule has 2 amide bonds. The summed E-state index contributed by atoms with van der Waals surface area (Å²) in [5, 5.41) is 2.78. The first-order valence-electron chi connectivity index (χ1n) is 12.3. The quantitative estimate of drug-likeness (QED) is 0.440. The second-order valence-electron chi connectivity index (χ2n) is 8.50. The van der Waals surface area contributed by atoms with E-state index >= 15 is 0 Å². The summed E-state index contributed by atoms with van der Waals surface area (Å²) in [6.45, 7) is 11.8. The first-order chi connectivity index (χ1) is 16.9. The number of amides is 2. The van der Waals surface area contributed by atoms with Gasteiger partial charge in [-0.25, -0.2) is 4.79 Å². The van der Waals surface area contributed by atoms with E-state index < -0.39 is 5.97 Å². The number of ether oxygens (including phenoxy) is 1. The molecule has 1 fully saturated rings. The van der Waals surface area contributed by atoms with Gasteiger partial charge in [0.1, 0.15) is 0 Å². The zero-order chi connectivity index (χ0) is 25.4. The lowest BCUT2D eigenvalue weighted by Crippen LogP contribution is -2.49. The Morgan fingerprint density at radius 3 is 2.31 bits per heavy atom. The number of nitrogens with zero attached hydrogens (tertiary/aromatic N) is 3. The van der Waals surface area contributed by atoms with Crippen LogP contribution < -0.4 is 10.2 Å². The van der Waals surface area contributed by atoms with Gasteiger partial charge in [0.2, 0.25) is 11.8 Å². The minimum atomic E-state index is -0.390. The summed E-state index contributed by atoms with van der Waals surface area (Å²) in [5.41, 5.74) is 4.07. The molecule has 1 aromatic carbocycles. The molecule has 0 unspecified atom stereocenters. The average molecular weight is 481 g/mol. The van der Waals surface area contributed by atoms with Gasteiger partial charge in [0.05, 0.1) is 12.2 Å². The van der Waals surface area contributed by atoms with Crippen molar-refractivity contribution >= 4 is 29.5 Å². The number of anilines is 1. The van der Waals surface area contributed by atoms with Crippen molar-refractivity contribution in [2.45, 2.75) is 40.7 Å². The molecule has 0 radical (unpaired) electrons. The Morgan fingerprint density at radius 2 is 1.69 bits per heavy atom. The zero-order valence-corrected chi connectivity index (χ0v) is 21.2. The molecule has 1 aliphatic rings. The van der Waals surface area contributed by atoms with Crippen molar-refractivity contribution in [3.05, 3.63) is 58.9 Å². The lowest BCUT2D eigenvalue weighted by molar-refractivity contribution is -0.131. The largest absolute Gasteiger partial charge is 0.462 e. The topological polar surface area (TPSA) is 83.9 Å². The third-order valence-corrected chi connectivity index (χ3v) is 6.42. The first kappa shape index (κ1) is 26.1. The Bertz CT molecular complexity index is 1070. The third kappa shape index (κ3) is 6.32. The van der Waals surface area contributed by atoms with Crippen molar-refractivity contribution in [1.82, 2.24) is 14.8 Å². The van der Waals surface area contributed by atoms with E-state index in [4.69, 9.17) is 4.74 Å². The molecule has 0 aliphatic carbocycles. The van der Waals surface area contributed by atoms with Gasteiger partial charge < -0.3 is 24.4 Å². The summed E-state index contributed by atoms with van der Waals surface area (Å²) in [5.74, 6) is -0.654. The van der Waals surface area contributed by atoms with Crippen molar-refractivity contribution in [2.24, 2.45) is 0 Å². The van der Waals surface area contributed by atoms with Gasteiger partial charge in [0.15, 0.2) is 0 Å². The number of rotatable bonds is 9. The summed E-state index contributed by atoms with van der Waals surface area (Å²) in [6.07, 6.45) is 3.32. The molecule has 35 heavy (non-hydrogen) atoms. The summed E-state index contributed by atoms with van der Waals surface area (Å²) in [7, 11) is 0. The molecule has 1 N–H and O–H groups in total. The highest BCUT2D eigenvalue weighted by atomic mass is 16.5. The van der Waals surface area contributed by atoms with E-state index in [2.05, 4.69) is 22.3 Å². The van der Waals surface area contributed by atoms with Crippen molar-refractivity contribution in [2.75, 3.05) is 44.2 Å². The number of hydrogen-bond acceptors (Lipinski definition) is 5. The van der Waals surface area contributed by atoms with Crippen LogP contribution in [0, 0.1) is 13.8 Å². The molecule has 1 saturated heterocycles. The Kier molecular flexibility index (Phi) is 9.11. The second-order valence-corrected chi connectivity index (χ2v) is 8.50. The summed E-state index contributed by atoms with van der Waals surface area (Å²) < 4.78 is 7.25. The number of carbonyl (C=O) groups excluding carboxylic acids is 3. The monoisotopic (exact) mass is 480 g/mol. The van der Waals surface area contributed by atoms with Crippen LogP contribution in [-0.4, -0.2) is 66.6 Å². The first-order valence-corrected chi connectivity index (χ1v) is 12.3. The minimum absolute atomic E-state index is 0.0399. The van der Waals surface area contributed by atoms with E-state index in [0.717, 1.165) is 24.5 Å². The predicted molar refractivity (Wildman–Crippen MR) is 137 cm³/mol. The highest BCUT2D eigenvalue weighted by Gasteiger charge is 2.23. The van der Waals surface area contributed by atoms with Gasteiger partial charge in [-0.15, -0.1) is 0 Å². The van der Waals surface area contributed by atoms with Crippen LogP contribution in [0.2, 0.25) is 0 Å². The number of para-hydroxylation sites is 1. The fourth-order valence-corrected chi connectivity index (χ4v) is 4.57. The van der Waals surface area contributed by atoms with E-state index in [1.165, 1.54) is 11.8 Å². The van der Waals surface area contributed by atoms with Crippen LogP contribution in [0.4, 0.5) is 5.69 Å². The highest BCUT2D eigenvalue weighted by Crippen LogP contribution is 2.25. The van der Waals surface area contributed by atoms with Gasteiger partial charge in [0.25, 0.3) is 0 Å². The Labute approximate surface area is 207 Å². The average Bonchev–Trinajstić information content (AvgIpc) is 3.11. The molecular formula is C27H36N4O4. The normalized spacial score (nSPS) is 13.8. The molecule has 188 valence electrons. The molecule has 2 heterocycles. The number of piperazine rings is 1. The fraction of sp³-hybridized carbons (Fsp3) is 0.444. The van der Waals surface area contributed by atoms with E-state index in [0.29, 0.717) is 30.8 Å². The second kappa shape index (κ2) is 12.2. The van der Waals surface area contributed by atoms with Gasteiger partial charge in [-0.3, -0.25) is 9.59 Å². The minimum Gasteiger partial charge on any atom is -0.462 e. The zero-order valence-electron chi connectivity index (χ0n) is 21.2. The molecule has 1 aromatic heterocycles. The number of benzene rings is 1. The Hall–Kier alpha value is -3.55. The number of nitrogens with one attached hydrogen (secondary N) is 1. The SMILES string of the molecule is CCOC(=O)c1c(/C=C/C(=O)NCCC(=O)N2CCN(c3ccccc3)CC2)c(C)n(CC)c1C. The molecular weight excluding hydrogens is 444 g/mol. The number of esters is 1. The summed E-state index contributed by atoms with van der Waals surface area (Å²) in [6, 6.07) is 10.2. The smallest absolute Gasteiger partial charge is 0.340 e. The van der Waals surface area contributed by atoms with Gasteiger partial charge in [-0.05, 0) is 45.9 Å². The van der Waals surface area contributed by atoms with Crippen LogP contribution in [0.5, 0.6) is 0 Å². The van der Waals surface area contributed by atoms with Crippen LogP contribution in [0.3, 0.4) is 0 Å². The van der Waals surface area contributed by atoms with Crippen molar-refractivity contribution in [3.8, 4) is 0 Å².